The van der Waals surface area contributed by atoms with E-state index in [2.05, 4.69) is 45.1 Å². The normalized spacial score (nSPS) is 34.2. The van der Waals surface area contributed by atoms with E-state index in [9.17, 15) is 4.79 Å². The molecule has 2 atom stereocenters. The number of hydrogen-bond donors (Lipinski definition) is 0. The average Bonchev–Trinajstić information content (AvgIpc) is 2.31. The van der Waals surface area contributed by atoms with E-state index in [4.69, 9.17) is 0 Å². The van der Waals surface area contributed by atoms with Crippen molar-refractivity contribution in [2.24, 2.45) is 11.8 Å². The van der Waals surface area contributed by atoms with Gasteiger partial charge in [0.05, 0.1) is 0 Å². The monoisotopic (exact) mass is 246 g/mol. The van der Waals surface area contributed by atoms with Crippen LogP contribution in [0.15, 0.2) is 35.5 Å². The first-order valence-corrected chi connectivity index (χ1v) is 7.01. The largest absolute Gasteiger partial charge is 0.299 e. The molecule has 0 aromatic rings. The van der Waals surface area contributed by atoms with Crippen molar-refractivity contribution >= 4 is 5.78 Å². The van der Waals surface area contributed by atoms with E-state index in [1.807, 2.05) is 0 Å². The van der Waals surface area contributed by atoms with Crippen LogP contribution < -0.4 is 0 Å². The first-order chi connectivity index (χ1) is 8.52. The molecule has 0 aromatic carbocycles. The molecule has 1 rings (SSSR count). The number of hydrogen-bond acceptors (Lipinski definition) is 1. The van der Waals surface area contributed by atoms with Gasteiger partial charge in [0.15, 0.2) is 0 Å². The molecular weight excluding hydrogens is 220 g/mol. The van der Waals surface area contributed by atoms with Gasteiger partial charge < -0.3 is 0 Å². The van der Waals surface area contributed by atoms with Crippen molar-refractivity contribution in [2.45, 2.75) is 53.4 Å². The van der Waals surface area contributed by atoms with Crippen LogP contribution in [0.5, 0.6) is 0 Å². The zero-order valence-corrected chi connectivity index (χ0v) is 12.2. The zero-order chi connectivity index (χ0) is 13.5. The second-order valence-electron chi connectivity index (χ2n) is 5.48. The first kappa shape index (κ1) is 14.9. The summed E-state index contributed by atoms with van der Waals surface area (Å²) in [4.78, 5) is 11.7. The van der Waals surface area contributed by atoms with Gasteiger partial charge in [-0.3, -0.25) is 4.79 Å². The summed E-state index contributed by atoms with van der Waals surface area (Å²) < 4.78 is 0. The molecule has 0 fully saturated rings. The molecule has 0 saturated carbocycles. The third-order valence-electron chi connectivity index (χ3n) is 3.98. The summed E-state index contributed by atoms with van der Waals surface area (Å²) in [5.41, 5.74) is 2.68. The predicted octanol–water partition coefficient (Wildman–Crippen LogP) is 4.85. The highest BCUT2D eigenvalue weighted by atomic mass is 16.1. The van der Waals surface area contributed by atoms with Crippen molar-refractivity contribution in [3.05, 3.63) is 35.5 Å². The fraction of sp³-hybridized carbons (Fsp3) is 0.588. The van der Waals surface area contributed by atoms with Gasteiger partial charge in [-0.25, -0.2) is 0 Å². The van der Waals surface area contributed by atoms with Crippen LogP contribution >= 0.6 is 0 Å². The SMILES string of the molecule is CC(=O)C1CC/C=C\CC(C)/C(C)=C\C/C=C\1C. The van der Waals surface area contributed by atoms with Crippen molar-refractivity contribution in [1.29, 1.82) is 0 Å². The van der Waals surface area contributed by atoms with Crippen LogP contribution in [0.1, 0.15) is 53.4 Å². The van der Waals surface area contributed by atoms with E-state index in [1.165, 1.54) is 11.1 Å². The number of rotatable bonds is 1. The molecule has 0 radical (unpaired) electrons. The van der Waals surface area contributed by atoms with Gasteiger partial charge in [0, 0.05) is 5.92 Å². The molecule has 0 aliphatic heterocycles. The molecule has 2 unspecified atom stereocenters. The summed E-state index contributed by atoms with van der Waals surface area (Å²) in [5, 5.41) is 0. The van der Waals surface area contributed by atoms with Crippen molar-refractivity contribution in [3.8, 4) is 0 Å². The highest BCUT2D eigenvalue weighted by Gasteiger charge is 2.15. The van der Waals surface area contributed by atoms with Crippen LogP contribution in [-0.4, -0.2) is 5.78 Å². The summed E-state index contributed by atoms with van der Waals surface area (Å²) >= 11 is 0. The molecular formula is C17H26O. The third-order valence-corrected chi connectivity index (χ3v) is 3.98. The smallest absolute Gasteiger partial charge is 0.136 e. The van der Waals surface area contributed by atoms with Gasteiger partial charge in [0.1, 0.15) is 5.78 Å². The van der Waals surface area contributed by atoms with Crippen molar-refractivity contribution < 1.29 is 4.79 Å². The van der Waals surface area contributed by atoms with E-state index in [0.717, 1.165) is 25.7 Å². The van der Waals surface area contributed by atoms with Gasteiger partial charge in [-0.15, -0.1) is 0 Å². The fourth-order valence-electron chi connectivity index (χ4n) is 2.39. The van der Waals surface area contributed by atoms with Gasteiger partial charge >= 0.3 is 0 Å². The maximum absolute atomic E-state index is 11.7. The Balaban J connectivity index is 2.88. The second-order valence-corrected chi connectivity index (χ2v) is 5.48. The predicted molar refractivity (Wildman–Crippen MR) is 78.5 cm³/mol. The van der Waals surface area contributed by atoms with Gasteiger partial charge in [0.2, 0.25) is 0 Å². The van der Waals surface area contributed by atoms with Crippen LogP contribution in [0.4, 0.5) is 0 Å². The zero-order valence-electron chi connectivity index (χ0n) is 12.2. The lowest BCUT2D eigenvalue weighted by atomic mass is 9.89. The van der Waals surface area contributed by atoms with Crippen LogP contribution in [-0.2, 0) is 4.79 Å². The van der Waals surface area contributed by atoms with Crippen LogP contribution in [0.25, 0.3) is 0 Å². The maximum atomic E-state index is 11.7. The van der Waals surface area contributed by atoms with Gasteiger partial charge in [-0.05, 0) is 52.4 Å². The van der Waals surface area contributed by atoms with Gasteiger partial charge in [-0.1, -0.05) is 42.4 Å². The summed E-state index contributed by atoms with van der Waals surface area (Å²) in [6.45, 7) is 8.28. The van der Waals surface area contributed by atoms with E-state index in [1.54, 1.807) is 6.92 Å². The van der Waals surface area contributed by atoms with Crippen LogP contribution in [0, 0.1) is 11.8 Å². The molecule has 1 aliphatic rings. The van der Waals surface area contributed by atoms with E-state index < -0.39 is 0 Å². The van der Waals surface area contributed by atoms with Crippen molar-refractivity contribution in [3.63, 3.8) is 0 Å². The highest BCUT2D eigenvalue weighted by Crippen LogP contribution is 2.22. The topological polar surface area (TPSA) is 17.1 Å². The van der Waals surface area contributed by atoms with E-state index in [-0.39, 0.29) is 5.92 Å². The molecule has 0 heterocycles. The number of carbonyl (C=O) groups is 1. The number of ketones is 1. The van der Waals surface area contributed by atoms with E-state index >= 15 is 0 Å². The number of carbonyl (C=O) groups excluding carboxylic acids is 1. The minimum Gasteiger partial charge on any atom is -0.299 e. The Kier molecular flexibility index (Phi) is 6.11. The summed E-state index contributed by atoms with van der Waals surface area (Å²) in [7, 11) is 0. The van der Waals surface area contributed by atoms with Crippen LogP contribution in [0.2, 0.25) is 0 Å². The minimum absolute atomic E-state index is 0.111. The van der Waals surface area contributed by atoms with Gasteiger partial charge in [0.25, 0.3) is 0 Å². The quantitative estimate of drug-likeness (QED) is 0.604. The molecule has 18 heavy (non-hydrogen) atoms. The lowest BCUT2D eigenvalue weighted by Crippen LogP contribution is -2.12. The Morgan fingerprint density at radius 3 is 2.50 bits per heavy atom. The third kappa shape index (κ3) is 4.64. The van der Waals surface area contributed by atoms with Crippen LogP contribution in [0.3, 0.4) is 0 Å². The molecule has 0 aromatic heterocycles. The Labute approximate surface area is 112 Å². The second kappa shape index (κ2) is 7.35. The average molecular weight is 246 g/mol. The van der Waals surface area contributed by atoms with Gasteiger partial charge in [-0.2, -0.15) is 0 Å². The van der Waals surface area contributed by atoms with E-state index in [0.29, 0.717) is 11.7 Å². The minimum atomic E-state index is 0.111. The number of Topliss-reactive ketones (excluding diaryl/α,β-unsaturated/α-hetero) is 1. The van der Waals surface area contributed by atoms with Crippen molar-refractivity contribution in [1.82, 2.24) is 0 Å². The Hall–Kier alpha value is -1.11. The lowest BCUT2D eigenvalue weighted by molar-refractivity contribution is -0.119. The molecule has 0 saturated heterocycles. The molecule has 100 valence electrons. The first-order valence-electron chi connectivity index (χ1n) is 7.01. The highest BCUT2D eigenvalue weighted by molar-refractivity contribution is 5.81. The molecule has 0 spiro atoms. The Bertz CT molecular complexity index is 371. The summed E-state index contributed by atoms with van der Waals surface area (Å²) in [6, 6.07) is 0. The Morgan fingerprint density at radius 2 is 1.83 bits per heavy atom. The Morgan fingerprint density at radius 1 is 1.17 bits per heavy atom. The molecule has 1 heteroatoms. The molecule has 0 amide bonds. The fourth-order valence-corrected chi connectivity index (χ4v) is 2.39. The maximum Gasteiger partial charge on any atom is 0.136 e. The van der Waals surface area contributed by atoms with Crippen molar-refractivity contribution in [2.75, 3.05) is 0 Å². The summed E-state index contributed by atoms with van der Waals surface area (Å²) in [6.07, 6.45) is 13.0. The standard InChI is InChI=1S/C17H26O/c1-13-9-6-5-7-12-17(16(4)18)15(3)11-8-10-14(13)2/h5-6,10-11,13,17H,7-9,12H2,1-4H3/b6-5-,14-10-,15-11-. The lowest BCUT2D eigenvalue weighted by Gasteiger charge is -2.15. The molecule has 1 aliphatic carbocycles. The summed E-state index contributed by atoms with van der Waals surface area (Å²) in [5.74, 6) is 1.03. The molecule has 0 bridgehead atoms. The molecule has 1 nitrogen and oxygen atoms in total. The molecule has 0 N–H and O–H groups in total. The number of allylic oxidation sites excluding steroid dienone is 6.